The Labute approximate surface area is 170 Å². The van der Waals surface area contributed by atoms with Gasteiger partial charge >= 0.3 is 6.09 Å². The fraction of sp³-hybridized carbons (Fsp3) is 0.250. The summed E-state index contributed by atoms with van der Waals surface area (Å²) in [5.41, 5.74) is 4.31. The van der Waals surface area contributed by atoms with E-state index in [4.69, 9.17) is 4.74 Å². The molecule has 0 spiro atoms. The topological polar surface area (TPSA) is 62.7 Å². The van der Waals surface area contributed by atoms with Crippen LogP contribution in [0, 0.1) is 0 Å². The standard InChI is InChI=1S/C24H24N2O3/c1-24(17-29-15-19-10-6-3-7-11-19)16-26(23(27)28)22-13-20(25-14-21(22)24)12-18-8-4-2-5-9-18/h2-11,13-14H,12,15-17H2,1H3,(H,27,28). The maximum atomic E-state index is 11.9. The monoisotopic (exact) mass is 388 g/mol. The third-order valence-corrected chi connectivity index (χ3v) is 5.38. The van der Waals surface area contributed by atoms with Gasteiger partial charge < -0.3 is 9.84 Å². The summed E-state index contributed by atoms with van der Waals surface area (Å²) in [5, 5.41) is 9.74. The molecule has 1 N–H and O–H groups in total. The number of fused-ring (bicyclic) bond motifs is 1. The molecule has 2 heterocycles. The number of nitrogens with zero attached hydrogens (tertiary/aromatic N) is 2. The van der Waals surface area contributed by atoms with Gasteiger partial charge in [0.2, 0.25) is 0 Å². The van der Waals surface area contributed by atoms with Gasteiger partial charge in [0.1, 0.15) is 0 Å². The number of hydrogen-bond acceptors (Lipinski definition) is 3. The molecule has 5 heteroatoms. The third-order valence-electron chi connectivity index (χ3n) is 5.38. The second-order valence-corrected chi connectivity index (χ2v) is 7.76. The molecule has 4 rings (SSSR count). The Balaban J connectivity index is 1.55. The number of carbonyl (C=O) groups is 1. The van der Waals surface area contributed by atoms with Crippen molar-refractivity contribution in [2.45, 2.75) is 25.4 Å². The van der Waals surface area contributed by atoms with Crippen molar-refractivity contribution >= 4 is 11.8 Å². The van der Waals surface area contributed by atoms with Gasteiger partial charge in [-0.3, -0.25) is 9.88 Å². The van der Waals surface area contributed by atoms with E-state index in [1.54, 1.807) is 0 Å². The highest BCUT2D eigenvalue weighted by Crippen LogP contribution is 2.41. The Kier molecular flexibility index (Phi) is 5.32. The van der Waals surface area contributed by atoms with E-state index >= 15 is 0 Å². The largest absolute Gasteiger partial charge is 0.465 e. The molecule has 0 bridgehead atoms. The van der Waals surface area contributed by atoms with Crippen LogP contribution in [-0.2, 0) is 23.2 Å². The van der Waals surface area contributed by atoms with E-state index in [0.717, 1.165) is 22.4 Å². The average Bonchev–Trinajstić information content (AvgIpc) is 3.02. The summed E-state index contributed by atoms with van der Waals surface area (Å²) >= 11 is 0. The summed E-state index contributed by atoms with van der Waals surface area (Å²) < 4.78 is 5.97. The molecule has 148 valence electrons. The molecule has 5 nitrogen and oxygen atoms in total. The molecule has 1 aromatic heterocycles. The number of pyridine rings is 1. The highest BCUT2D eigenvalue weighted by molar-refractivity contribution is 5.90. The van der Waals surface area contributed by atoms with E-state index in [0.29, 0.717) is 31.9 Å². The molecule has 2 aromatic carbocycles. The maximum Gasteiger partial charge on any atom is 0.411 e. The third kappa shape index (κ3) is 4.15. The van der Waals surface area contributed by atoms with Gasteiger partial charge in [-0.05, 0) is 17.2 Å². The van der Waals surface area contributed by atoms with E-state index in [2.05, 4.69) is 4.98 Å². The molecular formula is C24H24N2O3. The van der Waals surface area contributed by atoms with Crippen LogP contribution in [0.5, 0.6) is 0 Å². The lowest BCUT2D eigenvalue weighted by molar-refractivity contribution is 0.0811. The lowest BCUT2D eigenvalue weighted by atomic mass is 9.86. The Morgan fingerprint density at radius 2 is 1.76 bits per heavy atom. The van der Waals surface area contributed by atoms with E-state index in [1.165, 1.54) is 4.90 Å². The fourth-order valence-corrected chi connectivity index (χ4v) is 3.86. The van der Waals surface area contributed by atoms with Crippen LogP contribution in [0.2, 0.25) is 0 Å². The van der Waals surface area contributed by atoms with Crippen molar-refractivity contribution in [3.05, 3.63) is 95.3 Å². The first-order chi connectivity index (χ1) is 14.0. The van der Waals surface area contributed by atoms with Gasteiger partial charge in [-0.25, -0.2) is 4.79 Å². The molecule has 1 atom stereocenters. The first-order valence-corrected chi connectivity index (χ1v) is 9.71. The summed E-state index contributed by atoms with van der Waals surface area (Å²) in [4.78, 5) is 17.9. The molecule has 0 fully saturated rings. The van der Waals surface area contributed by atoms with E-state index in [9.17, 15) is 9.90 Å². The van der Waals surface area contributed by atoms with Crippen molar-refractivity contribution in [2.24, 2.45) is 0 Å². The summed E-state index contributed by atoms with van der Waals surface area (Å²) in [7, 11) is 0. The van der Waals surface area contributed by atoms with Crippen LogP contribution < -0.4 is 4.90 Å². The van der Waals surface area contributed by atoms with Crippen molar-refractivity contribution in [3.8, 4) is 0 Å². The number of benzene rings is 2. The number of anilines is 1. The Morgan fingerprint density at radius 3 is 2.41 bits per heavy atom. The summed E-state index contributed by atoms with van der Waals surface area (Å²) in [6.45, 7) is 3.33. The molecule has 0 saturated carbocycles. The van der Waals surface area contributed by atoms with Crippen molar-refractivity contribution in [2.75, 3.05) is 18.1 Å². The van der Waals surface area contributed by atoms with Gasteiger partial charge in [-0.1, -0.05) is 67.6 Å². The number of ether oxygens (including phenoxy) is 1. The number of carboxylic acid groups (broad SMARTS) is 1. The highest BCUT2D eigenvalue weighted by Gasteiger charge is 2.42. The molecule has 1 aliphatic rings. The van der Waals surface area contributed by atoms with Crippen molar-refractivity contribution in [1.82, 2.24) is 4.98 Å². The smallest absolute Gasteiger partial charge is 0.411 e. The van der Waals surface area contributed by atoms with E-state index in [-0.39, 0.29) is 0 Å². The van der Waals surface area contributed by atoms with Crippen LogP contribution in [0.4, 0.5) is 10.5 Å². The lowest BCUT2D eigenvalue weighted by Crippen LogP contribution is -2.37. The van der Waals surface area contributed by atoms with Crippen LogP contribution in [0.3, 0.4) is 0 Å². The Hall–Kier alpha value is -3.18. The van der Waals surface area contributed by atoms with Gasteiger partial charge in [-0.2, -0.15) is 0 Å². The lowest BCUT2D eigenvalue weighted by Gasteiger charge is -2.24. The molecule has 1 amide bonds. The van der Waals surface area contributed by atoms with Gasteiger partial charge in [0, 0.05) is 35.8 Å². The molecule has 3 aromatic rings. The molecule has 0 saturated heterocycles. The highest BCUT2D eigenvalue weighted by atomic mass is 16.5. The zero-order valence-electron chi connectivity index (χ0n) is 16.4. The SMILES string of the molecule is CC1(COCc2ccccc2)CN(C(=O)O)c2cc(Cc3ccccc3)ncc21. The molecule has 1 unspecified atom stereocenters. The quantitative estimate of drug-likeness (QED) is 0.668. The van der Waals surface area contributed by atoms with Crippen molar-refractivity contribution in [1.29, 1.82) is 0 Å². The zero-order valence-corrected chi connectivity index (χ0v) is 16.4. The second-order valence-electron chi connectivity index (χ2n) is 7.76. The minimum Gasteiger partial charge on any atom is -0.465 e. The van der Waals surface area contributed by atoms with Gasteiger partial charge in [0.25, 0.3) is 0 Å². The fourth-order valence-electron chi connectivity index (χ4n) is 3.86. The van der Waals surface area contributed by atoms with E-state index in [1.807, 2.05) is 79.9 Å². The summed E-state index contributed by atoms with van der Waals surface area (Å²) in [5.74, 6) is 0. The van der Waals surface area contributed by atoms with Crippen LogP contribution in [0.15, 0.2) is 72.9 Å². The zero-order chi connectivity index (χ0) is 20.3. The maximum absolute atomic E-state index is 11.9. The van der Waals surface area contributed by atoms with Crippen molar-refractivity contribution < 1.29 is 14.6 Å². The van der Waals surface area contributed by atoms with Crippen LogP contribution >= 0.6 is 0 Å². The normalized spacial score (nSPS) is 17.9. The molecule has 0 aliphatic carbocycles. The average molecular weight is 388 g/mol. The summed E-state index contributed by atoms with van der Waals surface area (Å²) in [6.07, 6.45) is 1.54. The van der Waals surface area contributed by atoms with Crippen LogP contribution in [0.1, 0.15) is 29.3 Å². The predicted molar refractivity (Wildman–Crippen MR) is 112 cm³/mol. The minimum atomic E-state index is -0.949. The van der Waals surface area contributed by atoms with Gasteiger partial charge in [0.15, 0.2) is 0 Å². The number of hydrogen-bond donors (Lipinski definition) is 1. The van der Waals surface area contributed by atoms with Crippen LogP contribution in [-0.4, -0.2) is 29.3 Å². The Bertz CT molecular complexity index is 992. The van der Waals surface area contributed by atoms with Gasteiger partial charge in [-0.15, -0.1) is 0 Å². The summed E-state index contributed by atoms with van der Waals surface area (Å²) in [6, 6.07) is 21.9. The van der Waals surface area contributed by atoms with Crippen LogP contribution in [0.25, 0.3) is 0 Å². The Morgan fingerprint density at radius 1 is 1.10 bits per heavy atom. The molecular weight excluding hydrogens is 364 g/mol. The number of amides is 1. The number of rotatable bonds is 6. The van der Waals surface area contributed by atoms with E-state index < -0.39 is 11.5 Å². The van der Waals surface area contributed by atoms with Gasteiger partial charge in [0.05, 0.1) is 18.9 Å². The minimum absolute atomic E-state index is 0.364. The first kappa shape index (κ1) is 19.2. The molecule has 29 heavy (non-hydrogen) atoms. The predicted octanol–water partition coefficient (Wildman–Crippen LogP) is 4.64. The van der Waals surface area contributed by atoms with Crippen molar-refractivity contribution in [3.63, 3.8) is 0 Å². The second kappa shape index (κ2) is 8.05. The first-order valence-electron chi connectivity index (χ1n) is 9.71. The molecule has 0 radical (unpaired) electrons. The number of aromatic nitrogens is 1. The molecule has 1 aliphatic heterocycles.